The van der Waals surface area contributed by atoms with Crippen LogP contribution >= 0.6 is 0 Å². The highest BCUT2D eigenvalue weighted by Crippen LogP contribution is 2.41. The Labute approximate surface area is 247 Å². The Bertz CT molecular complexity index is 1080. The van der Waals surface area contributed by atoms with E-state index < -0.39 is 11.8 Å². The Morgan fingerprint density at radius 3 is 2.05 bits per heavy atom. The Morgan fingerprint density at radius 2 is 1.44 bits per heavy atom. The summed E-state index contributed by atoms with van der Waals surface area (Å²) >= 11 is 0. The van der Waals surface area contributed by atoms with Gasteiger partial charge in [0.05, 0.1) is 23.7 Å². The largest absolute Gasteiger partial charge is 0.494 e. The lowest BCUT2D eigenvalue weighted by molar-refractivity contribution is 0.0100. The minimum absolute atomic E-state index is 0.0450. The highest BCUT2D eigenvalue weighted by Gasteiger charge is 2.36. The third kappa shape index (κ3) is 10.8. The van der Waals surface area contributed by atoms with Crippen LogP contribution in [0.15, 0.2) is 42.5 Å². The van der Waals surface area contributed by atoms with Gasteiger partial charge in [0, 0.05) is 0 Å². The molecule has 0 heterocycles. The van der Waals surface area contributed by atoms with E-state index in [1.54, 1.807) is 6.07 Å². The van der Waals surface area contributed by atoms with Crippen LogP contribution in [0.25, 0.3) is 11.1 Å². The van der Waals surface area contributed by atoms with Crippen molar-refractivity contribution >= 4 is 5.97 Å². The molecule has 41 heavy (non-hydrogen) atoms. The van der Waals surface area contributed by atoms with Gasteiger partial charge in [0.15, 0.2) is 0 Å². The molecule has 0 saturated heterocycles. The molecular formula is C36H50FNO3. The van der Waals surface area contributed by atoms with Crippen LogP contribution in [0.4, 0.5) is 4.39 Å². The minimum atomic E-state index is -0.628. The third-order valence-corrected chi connectivity index (χ3v) is 8.55. The van der Waals surface area contributed by atoms with Gasteiger partial charge in [-0.25, -0.2) is 9.18 Å². The SMILES string of the molecule is CCCCCCCCCOc1ccc(-c2ccc(C(=O)OC3CCC(C#N)(CCCCCCC)CC3)c(F)c2)cc1. The van der Waals surface area contributed by atoms with Crippen LogP contribution in [0.3, 0.4) is 0 Å². The molecule has 1 aliphatic rings. The molecule has 0 N–H and O–H groups in total. The number of carbonyl (C=O) groups excluding carboxylic acids is 1. The zero-order valence-electron chi connectivity index (χ0n) is 25.4. The van der Waals surface area contributed by atoms with Crippen molar-refractivity contribution in [2.24, 2.45) is 5.41 Å². The van der Waals surface area contributed by atoms with E-state index in [1.165, 1.54) is 76.3 Å². The second-order valence-electron chi connectivity index (χ2n) is 11.8. The molecule has 2 aromatic carbocycles. The highest BCUT2D eigenvalue weighted by atomic mass is 19.1. The Balaban J connectivity index is 1.44. The molecule has 5 heteroatoms. The molecule has 4 nitrogen and oxygen atoms in total. The van der Waals surface area contributed by atoms with Crippen molar-refractivity contribution < 1.29 is 18.7 Å². The zero-order chi connectivity index (χ0) is 29.3. The van der Waals surface area contributed by atoms with Gasteiger partial charge in [-0.15, -0.1) is 0 Å². The monoisotopic (exact) mass is 563 g/mol. The number of hydrogen-bond donors (Lipinski definition) is 0. The number of carbonyl (C=O) groups is 1. The lowest BCUT2D eigenvalue weighted by Gasteiger charge is -2.34. The van der Waals surface area contributed by atoms with Gasteiger partial charge >= 0.3 is 5.97 Å². The maximum atomic E-state index is 15.0. The van der Waals surface area contributed by atoms with Gasteiger partial charge in [-0.2, -0.15) is 5.26 Å². The zero-order valence-corrected chi connectivity index (χ0v) is 25.4. The Kier molecular flexibility index (Phi) is 14.2. The number of unbranched alkanes of at least 4 members (excludes halogenated alkanes) is 10. The third-order valence-electron chi connectivity index (χ3n) is 8.55. The van der Waals surface area contributed by atoms with E-state index in [9.17, 15) is 14.4 Å². The van der Waals surface area contributed by atoms with Crippen molar-refractivity contribution in [1.29, 1.82) is 5.26 Å². The fourth-order valence-corrected chi connectivity index (χ4v) is 5.81. The van der Waals surface area contributed by atoms with E-state index in [2.05, 4.69) is 19.9 Å². The van der Waals surface area contributed by atoms with Crippen LogP contribution in [-0.4, -0.2) is 18.7 Å². The summed E-state index contributed by atoms with van der Waals surface area (Å²) < 4.78 is 26.6. The first kappa shape index (κ1) is 32.6. The van der Waals surface area contributed by atoms with Gasteiger partial charge in [0.2, 0.25) is 0 Å². The Hall–Kier alpha value is -2.87. The molecule has 0 bridgehead atoms. The summed E-state index contributed by atoms with van der Waals surface area (Å²) in [5.41, 5.74) is 1.21. The van der Waals surface area contributed by atoms with E-state index in [4.69, 9.17) is 9.47 Å². The predicted octanol–water partition coefficient (Wildman–Crippen LogP) is 10.6. The number of esters is 1. The molecule has 1 saturated carbocycles. The molecule has 0 radical (unpaired) electrons. The van der Waals surface area contributed by atoms with E-state index in [0.717, 1.165) is 43.4 Å². The van der Waals surface area contributed by atoms with Crippen LogP contribution in [0.1, 0.15) is 133 Å². The first-order valence-electron chi connectivity index (χ1n) is 16.2. The van der Waals surface area contributed by atoms with Crippen LogP contribution in [0.2, 0.25) is 0 Å². The summed E-state index contributed by atoms with van der Waals surface area (Å²) in [5, 5.41) is 9.84. The van der Waals surface area contributed by atoms with Crippen molar-refractivity contribution in [3.8, 4) is 22.9 Å². The first-order valence-corrected chi connectivity index (χ1v) is 16.2. The predicted molar refractivity (Wildman–Crippen MR) is 164 cm³/mol. The molecule has 0 aromatic heterocycles. The first-order chi connectivity index (χ1) is 20.0. The van der Waals surface area contributed by atoms with Crippen molar-refractivity contribution in [3.05, 3.63) is 53.8 Å². The number of halogens is 1. The summed E-state index contributed by atoms with van der Waals surface area (Å²) in [5.74, 6) is -0.400. The molecule has 1 aliphatic carbocycles. The second kappa shape index (κ2) is 17.8. The van der Waals surface area contributed by atoms with Gasteiger partial charge in [0.25, 0.3) is 0 Å². The van der Waals surface area contributed by atoms with E-state index in [0.29, 0.717) is 25.0 Å². The van der Waals surface area contributed by atoms with E-state index in [1.807, 2.05) is 24.3 Å². The quantitative estimate of drug-likeness (QED) is 0.134. The summed E-state index contributed by atoms with van der Waals surface area (Å²) in [4.78, 5) is 12.8. The number of rotatable bonds is 18. The number of nitrogens with zero attached hydrogens (tertiary/aromatic N) is 1. The van der Waals surface area contributed by atoms with Gasteiger partial charge in [-0.05, 0) is 73.9 Å². The molecule has 224 valence electrons. The Morgan fingerprint density at radius 1 is 0.854 bits per heavy atom. The smallest absolute Gasteiger partial charge is 0.341 e. The standard InChI is InChI=1S/C36H50FNO3/c1-3-5-7-9-10-12-14-26-40-31-18-15-29(16-19-31)30-17-20-33(34(37)27-30)35(39)41-32-21-24-36(28-38,25-22-32)23-13-11-8-6-4-2/h15-20,27,32H,3-14,21-26H2,1-2H3. The average molecular weight is 564 g/mol. The molecule has 0 amide bonds. The van der Waals surface area contributed by atoms with Gasteiger partial charge in [0.1, 0.15) is 17.7 Å². The lowest BCUT2D eigenvalue weighted by Crippen LogP contribution is -2.31. The topological polar surface area (TPSA) is 59.3 Å². The molecule has 0 unspecified atom stereocenters. The van der Waals surface area contributed by atoms with Crippen molar-refractivity contribution in [3.63, 3.8) is 0 Å². The maximum absolute atomic E-state index is 15.0. The molecule has 3 rings (SSSR count). The molecule has 0 aliphatic heterocycles. The molecular weight excluding hydrogens is 513 g/mol. The summed E-state index contributed by atoms with van der Waals surface area (Å²) in [6, 6.07) is 14.9. The summed E-state index contributed by atoms with van der Waals surface area (Å²) in [6.45, 7) is 5.14. The van der Waals surface area contributed by atoms with Crippen molar-refractivity contribution in [2.45, 2.75) is 129 Å². The maximum Gasteiger partial charge on any atom is 0.341 e. The molecule has 0 spiro atoms. The average Bonchev–Trinajstić information content (AvgIpc) is 2.99. The van der Waals surface area contributed by atoms with Crippen LogP contribution in [-0.2, 0) is 4.74 Å². The lowest BCUT2D eigenvalue weighted by atomic mass is 9.71. The number of ether oxygens (including phenoxy) is 2. The van der Waals surface area contributed by atoms with Crippen LogP contribution < -0.4 is 4.74 Å². The summed E-state index contributed by atoms with van der Waals surface area (Å²) in [7, 11) is 0. The van der Waals surface area contributed by atoms with Crippen LogP contribution in [0.5, 0.6) is 5.75 Å². The second-order valence-corrected chi connectivity index (χ2v) is 11.8. The van der Waals surface area contributed by atoms with Crippen LogP contribution in [0, 0.1) is 22.6 Å². The minimum Gasteiger partial charge on any atom is -0.494 e. The number of benzene rings is 2. The fourth-order valence-electron chi connectivity index (χ4n) is 5.81. The highest BCUT2D eigenvalue weighted by molar-refractivity contribution is 5.90. The van der Waals surface area contributed by atoms with E-state index in [-0.39, 0.29) is 17.1 Å². The summed E-state index contributed by atoms with van der Waals surface area (Å²) in [6.07, 6.45) is 18.1. The fraction of sp³-hybridized carbons (Fsp3) is 0.611. The van der Waals surface area contributed by atoms with Gasteiger partial charge in [-0.3, -0.25) is 0 Å². The molecule has 2 aromatic rings. The van der Waals surface area contributed by atoms with Gasteiger partial charge in [-0.1, -0.05) is 103 Å². The number of nitriles is 1. The van der Waals surface area contributed by atoms with E-state index >= 15 is 0 Å². The van der Waals surface area contributed by atoms with Crippen molar-refractivity contribution in [2.75, 3.05) is 6.61 Å². The van der Waals surface area contributed by atoms with Crippen molar-refractivity contribution in [1.82, 2.24) is 0 Å². The molecule has 1 fully saturated rings. The molecule has 0 atom stereocenters. The number of hydrogen-bond acceptors (Lipinski definition) is 4. The van der Waals surface area contributed by atoms with Gasteiger partial charge < -0.3 is 9.47 Å². The normalized spacial score (nSPS) is 18.5.